The summed E-state index contributed by atoms with van der Waals surface area (Å²) in [6, 6.07) is 16.5. The molecule has 0 fully saturated rings. The van der Waals surface area contributed by atoms with Crippen LogP contribution in [0.3, 0.4) is 0 Å². The van der Waals surface area contributed by atoms with Crippen molar-refractivity contribution in [1.29, 1.82) is 0 Å². The molecule has 0 saturated carbocycles. The van der Waals surface area contributed by atoms with Crippen molar-refractivity contribution >= 4 is 44.8 Å². The quantitative estimate of drug-likeness (QED) is 0.360. The van der Waals surface area contributed by atoms with Crippen LogP contribution in [0, 0.1) is 0 Å². The van der Waals surface area contributed by atoms with Gasteiger partial charge in [-0.2, -0.15) is 0 Å². The van der Waals surface area contributed by atoms with Crippen LogP contribution in [0.4, 0.5) is 10.5 Å². The first-order valence-electron chi connectivity index (χ1n) is 11.3. The van der Waals surface area contributed by atoms with E-state index in [4.69, 9.17) is 23.2 Å². The second kappa shape index (κ2) is 10.6. The number of carbonyl (C=O) groups is 1. The molecule has 2 unspecified atom stereocenters. The van der Waals surface area contributed by atoms with Crippen molar-refractivity contribution in [3.8, 4) is 0 Å². The zero-order valence-corrected chi connectivity index (χ0v) is 21.8. The molecule has 1 aliphatic heterocycles. The van der Waals surface area contributed by atoms with Crippen molar-refractivity contribution in [2.75, 3.05) is 11.9 Å². The standard InChI is InChI=1S/C26H27Cl2N3O3S/c1-16(23-4-3-5-24(27)25(23)28)30-26(32)31-21-8-10-22(11-9-21)35(33,34)17(2)18-6-7-20-15-29-13-12-19(20)14-18/h3-11,14,16-17,29H,12-13,15H2,1-2H3,(H2,30,31,32). The van der Waals surface area contributed by atoms with Gasteiger partial charge in [-0.1, -0.05) is 53.5 Å². The highest BCUT2D eigenvalue weighted by molar-refractivity contribution is 7.91. The largest absolute Gasteiger partial charge is 0.331 e. The molecule has 3 N–H and O–H groups in total. The minimum absolute atomic E-state index is 0.203. The van der Waals surface area contributed by atoms with E-state index in [-0.39, 0.29) is 10.9 Å². The summed E-state index contributed by atoms with van der Waals surface area (Å²) in [5, 5.41) is 8.97. The Morgan fingerprint density at radius 3 is 2.49 bits per heavy atom. The molecule has 0 aliphatic carbocycles. The van der Waals surface area contributed by atoms with Gasteiger partial charge in [-0.25, -0.2) is 13.2 Å². The summed E-state index contributed by atoms with van der Waals surface area (Å²) < 4.78 is 26.5. The molecule has 4 rings (SSSR count). The number of urea groups is 1. The molecule has 184 valence electrons. The third-order valence-electron chi connectivity index (χ3n) is 6.29. The van der Waals surface area contributed by atoms with Crippen molar-refractivity contribution in [2.45, 2.75) is 43.0 Å². The number of amides is 2. The van der Waals surface area contributed by atoms with E-state index in [1.807, 2.05) is 18.2 Å². The van der Waals surface area contributed by atoms with Crippen LogP contribution < -0.4 is 16.0 Å². The Labute approximate surface area is 216 Å². The average Bonchev–Trinajstić information content (AvgIpc) is 2.85. The molecule has 3 aromatic carbocycles. The molecule has 0 bridgehead atoms. The first-order chi connectivity index (χ1) is 16.7. The summed E-state index contributed by atoms with van der Waals surface area (Å²) in [6.07, 6.45) is 0.889. The van der Waals surface area contributed by atoms with Crippen LogP contribution in [-0.4, -0.2) is 21.0 Å². The van der Waals surface area contributed by atoms with E-state index in [0.717, 1.165) is 25.1 Å². The Morgan fingerprint density at radius 1 is 1.00 bits per heavy atom. The Balaban J connectivity index is 1.43. The lowest BCUT2D eigenvalue weighted by Gasteiger charge is -2.20. The highest BCUT2D eigenvalue weighted by Crippen LogP contribution is 2.32. The van der Waals surface area contributed by atoms with E-state index >= 15 is 0 Å². The van der Waals surface area contributed by atoms with Crippen molar-refractivity contribution < 1.29 is 13.2 Å². The van der Waals surface area contributed by atoms with Gasteiger partial charge in [0.1, 0.15) is 0 Å². The number of nitrogens with one attached hydrogen (secondary N) is 3. The van der Waals surface area contributed by atoms with Crippen LogP contribution in [0.1, 0.15) is 47.4 Å². The van der Waals surface area contributed by atoms with Crippen LogP contribution in [0.25, 0.3) is 0 Å². The third kappa shape index (κ3) is 5.64. The molecule has 0 aromatic heterocycles. The van der Waals surface area contributed by atoms with E-state index in [9.17, 15) is 13.2 Å². The van der Waals surface area contributed by atoms with Gasteiger partial charge in [0.05, 0.1) is 26.2 Å². The average molecular weight is 532 g/mol. The fourth-order valence-electron chi connectivity index (χ4n) is 4.16. The van der Waals surface area contributed by atoms with E-state index in [0.29, 0.717) is 21.3 Å². The first-order valence-corrected chi connectivity index (χ1v) is 13.6. The van der Waals surface area contributed by atoms with Gasteiger partial charge in [-0.05, 0) is 79.4 Å². The lowest BCUT2D eigenvalue weighted by Crippen LogP contribution is -2.31. The molecular weight excluding hydrogens is 505 g/mol. The van der Waals surface area contributed by atoms with E-state index in [1.54, 1.807) is 44.2 Å². The second-order valence-corrected chi connectivity index (χ2v) is 11.7. The fourth-order valence-corrected chi connectivity index (χ4v) is 6.06. The van der Waals surface area contributed by atoms with Gasteiger partial charge < -0.3 is 16.0 Å². The normalized spacial score (nSPS) is 15.1. The van der Waals surface area contributed by atoms with Crippen LogP contribution in [0.2, 0.25) is 10.0 Å². The van der Waals surface area contributed by atoms with Gasteiger partial charge in [0, 0.05) is 12.2 Å². The molecule has 6 nitrogen and oxygen atoms in total. The van der Waals surface area contributed by atoms with Gasteiger partial charge in [0.25, 0.3) is 0 Å². The van der Waals surface area contributed by atoms with Crippen molar-refractivity contribution in [3.63, 3.8) is 0 Å². The minimum Gasteiger partial charge on any atom is -0.331 e. The zero-order chi connectivity index (χ0) is 25.2. The number of carbonyl (C=O) groups excluding carboxylic acids is 1. The predicted octanol–water partition coefficient (Wildman–Crippen LogP) is 6.06. The SMILES string of the molecule is CC(NC(=O)Nc1ccc(S(=O)(=O)C(C)c2ccc3c(c2)CCNC3)cc1)c1cccc(Cl)c1Cl. The molecule has 0 saturated heterocycles. The summed E-state index contributed by atoms with van der Waals surface area (Å²) in [7, 11) is -3.60. The van der Waals surface area contributed by atoms with Crippen molar-refractivity contribution in [2.24, 2.45) is 0 Å². The fraction of sp³-hybridized carbons (Fsp3) is 0.269. The number of hydrogen-bond acceptors (Lipinski definition) is 4. The third-order valence-corrected chi connectivity index (χ3v) is 9.25. The maximum atomic E-state index is 13.3. The van der Waals surface area contributed by atoms with Crippen LogP contribution in [0.5, 0.6) is 0 Å². The molecule has 9 heteroatoms. The first kappa shape index (κ1) is 25.5. The minimum atomic E-state index is -3.60. The van der Waals surface area contributed by atoms with E-state index < -0.39 is 21.1 Å². The molecule has 1 aliphatic rings. The monoisotopic (exact) mass is 531 g/mol. The lowest BCUT2D eigenvalue weighted by molar-refractivity contribution is 0.249. The zero-order valence-electron chi connectivity index (χ0n) is 19.4. The lowest BCUT2D eigenvalue weighted by atomic mass is 9.97. The van der Waals surface area contributed by atoms with Gasteiger partial charge >= 0.3 is 6.03 Å². The summed E-state index contributed by atoms with van der Waals surface area (Å²) in [6.45, 7) is 5.21. The summed E-state index contributed by atoms with van der Waals surface area (Å²) in [5.74, 6) is 0. The summed E-state index contributed by atoms with van der Waals surface area (Å²) in [5.41, 5.74) is 4.36. The number of anilines is 1. The van der Waals surface area contributed by atoms with E-state index in [1.165, 1.54) is 23.3 Å². The van der Waals surface area contributed by atoms with Gasteiger partial charge in [0.15, 0.2) is 9.84 Å². The maximum Gasteiger partial charge on any atom is 0.319 e. The van der Waals surface area contributed by atoms with Gasteiger partial charge in [0.2, 0.25) is 0 Å². The molecule has 1 heterocycles. The predicted molar refractivity (Wildman–Crippen MR) is 141 cm³/mol. The number of fused-ring (bicyclic) bond motifs is 1. The summed E-state index contributed by atoms with van der Waals surface area (Å²) >= 11 is 12.3. The van der Waals surface area contributed by atoms with Crippen molar-refractivity contribution in [3.05, 3.63) is 93.0 Å². The Kier molecular flexibility index (Phi) is 7.71. The molecule has 3 aromatic rings. The topological polar surface area (TPSA) is 87.3 Å². The highest BCUT2D eigenvalue weighted by atomic mass is 35.5. The van der Waals surface area contributed by atoms with Crippen LogP contribution in [-0.2, 0) is 22.8 Å². The number of sulfone groups is 1. The number of hydrogen-bond donors (Lipinski definition) is 3. The van der Waals surface area contributed by atoms with Gasteiger partial charge in [-0.15, -0.1) is 0 Å². The molecule has 0 spiro atoms. The number of halogens is 2. The van der Waals surface area contributed by atoms with Crippen LogP contribution >= 0.6 is 23.2 Å². The number of benzene rings is 3. The van der Waals surface area contributed by atoms with Crippen LogP contribution in [0.15, 0.2) is 65.6 Å². The summed E-state index contributed by atoms with van der Waals surface area (Å²) in [4.78, 5) is 12.7. The molecule has 2 amide bonds. The van der Waals surface area contributed by atoms with Crippen molar-refractivity contribution in [1.82, 2.24) is 10.6 Å². The van der Waals surface area contributed by atoms with E-state index in [2.05, 4.69) is 16.0 Å². The smallest absolute Gasteiger partial charge is 0.319 e. The molecule has 2 atom stereocenters. The Hall–Kier alpha value is -2.58. The number of rotatable bonds is 6. The molecule has 35 heavy (non-hydrogen) atoms. The molecule has 0 radical (unpaired) electrons. The Morgan fingerprint density at radius 2 is 1.74 bits per heavy atom. The highest BCUT2D eigenvalue weighted by Gasteiger charge is 2.26. The second-order valence-electron chi connectivity index (χ2n) is 8.63. The Bertz CT molecular complexity index is 1340. The van der Waals surface area contributed by atoms with Gasteiger partial charge in [-0.3, -0.25) is 0 Å². The molecular formula is C26H27Cl2N3O3S. The maximum absolute atomic E-state index is 13.3.